The van der Waals surface area contributed by atoms with E-state index in [2.05, 4.69) is 37.7 Å². The van der Waals surface area contributed by atoms with E-state index in [0.29, 0.717) is 28.7 Å². The number of aryl methyl sites for hydroxylation is 1. The monoisotopic (exact) mass is 470 g/mol. The van der Waals surface area contributed by atoms with E-state index >= 15 is 0 Å². The number of alkyl halides is 3. The highest BCUT2D eigenvalue weighted by Crippen LogP contribution is 2.31. The molecule has 170 valence electrons. The summed E-state index contributed by atoms with van der Waals surface area (Å²) in [5, 5.41) is 11.0. The molecule has 10 heteroatoms. The van der Waals surface area contributed by atoms with E-state index in [0.717, 1.165) is 22.8 Å². The van der Waals surface area contributed by atoms with Crippen molar-refractivity contribution in [2.75, 3.05) is 18.5 Å². The van der Waals surface area contributed by atoms with E-state index < -0.39 is 11.7 Å². The highest BCUT2D eigenvalue weighted by Gasteiger charge is 2.30. The fraction of sp³-hybridized carbons (Fsp3) is 0.174. The summed E-state index contributed by atoms with van der Waals surface area (Å²) in [6, 6.07) is 10.3. The van der Waals surface area contributed by atoms with E-state index in [-0.39, 0.29) is 6.67 Å². The van der Waals surface area contributed by atoms with Gasteiger partial charge < -0.3 is 5.32 Å². The molecule has 0 aliphatic carbocycles. The number of hydrogen-bond donors (Lipinski definition) is 2. The smallest absolute Gasteiger partial charge is 0.351 e. The number of nitrogens with zero attached hydrogens (tertiary/aromatic N) is 4. The van der Waals surface area contributed by atoms with E-state index in [1.807, 2.05) is 13.0 Å². The van der Waals surface area contributed by atoms with Gasteiger partial charge in [0.1, 0.15) is 5.00 Å². The maximum atomic E-state index is 13.2. The van der Waals surface area contributed by atoms with Crippen molar-refractivity contribution in [3.05, 3.63) is 77.2 Å². The standard InChI is InChI=1S/C23H21F3N6S/c1-4-17(14-29-21-11-16(2)31-33-21)13-28-15-30-22-20(9-6-10-32(22)27-3)18-7-5-8-19(12-18)23(24,25)26/h1,5-12,14,28-29H,3,13,15H2,2H3/b17-14+,30-22-. The number of nitrogens with one attached hydrogen (secondary N) is 2. The molecule has 6 nitrogen and oxygen atoms in total. The van der Waals surface area contributed by atoms with Gasteiger partial charge in [0.15, 0.2) is 5.49 Å². The second kappa shape index (κ2) is 10.8. The molecule has 0 aliphatic heterocycles. The zero-order chi connectivity index (χ0) is 23.8. The van der Waals surface area contributed by atoms with E-state index in [9.17, 15) is 13.2 Å². The van der Waals surface area contributed by atoms with Crippen molar-refractivity contribution in [3.8, 4) is 23.5 Å². The summed E-state index contributed by atoms with van der Waals surface area (Å²) in [6.07, 6.45) is 4.46. The maximum Gasteiger partial charge on any atom is 0.416 e. The lowest BCUT2D eigenvalue weighted by atomic mass is 10.0. The molecule has 0 saturated heterocycles. The van der Waals surface area contributed by atoms with Crippen LogP contribution in [-0.2, 0) is 6.18 Å². The first-order valence-electron chi connectivity index (χ1n) is 9.75. The molecular formula is C23H21F3N6S. The van der Waals surface area contributed by atoms with Crippen LogP contribution in [0, 0.1) is 19.3 Å². The average molecular weight is 471 g/mol. The van der Waals surface area contributed by atoms with Crippen LogP contribution in [0.1, 0.15) is 11.3 Å². The summed E-state index contributed by atoms with van der Waals surface area (Å²) in [7, 11) is 0. The van der Waals surface area contributed by atoms with Gasteiger partial charge in [0.05, 0.1) is 17.9 Å². The first-order valence-corrected chi connectivity index (χ1v) is 10.5. The SMILES string of the molecule is C#C/C(=C\Nc1cc(C)ns1)CNC/N=c1/c(-c2cccc(C(F)(F)F)c2)cccn1N=C. The predicted octanol–water partition coefficient (Wildman–Crippen LogP) is 4.48. The highest BCUT2D eigenvalue weighted by molar-refractivity contribution is 7.10. The summed E-state index contributed by atoms with van der Waals surface area (Å²) in [5.41, 5.74) is 2.07. The van der Waals surface area contributed by atoms with Crippen LogP contribution in [0.2, 0.25) is 0 Å². The topological polar surface area (TPSA) is 66.6 Å². The van der Waals surface area contributed by atoms with Crippen LogP contribution in [0.4, 0.5) is 18.2 Å². The number of hydrogen-bond acceptors (Lipinski definition) is 6. The van der Waals surface area contributed by atoms with E-state index in [4.69, 9.17) is 6.42 Å². The first-order chi connectivity index (χ1) is 15.8. The molecule has 0 atom stereocenters. The third-order valence-corrected chi connectivity index (χ3v) is 5.27. The Bertz CT molecular complexity index is 1260. The van der Waals surface area contributed by atoms with Gasteiger partial charge in [-0.1, -0.05) is 18.1 Å². The number of benzene rings is 1. The van der Waals surface area contributed by atoms with Crippen molar-refractivity contribution in [3.63, 3.8) is 0 Å². The summed E-state index contributed by atoms with van der Waals surface area (Å²) in [4.78, 5) is 4.49. The van der Waals surface area contributed by atoms with Crippen molar-refractivity contribution in [1.29, 1.82) is 0 Å². The van der Waals surface area contributed by atoms with Gasteiger partial charge in [0.2, 0.25) is 0 Å². The molecule has 33 heavy (non-hydrogen) atoms. The summed E-state index contributed by atoms with van der Waals surface area (Å²) >= 11 is 1.33. The summed E-state index contributed by atoms with van der Waals surface area (Å²) < 4.78 is 45.1. The second-order valence-corrected chi connectivity index (χ2v) is 7.65. The zero-order valence-electron chi connectivity index (χ0n) is 17.7. The van der Waals surface area contributed by atoms with Crippen molar-refractivity contribution in [1.82, 2.24) is 14.4 Å². The molecule has 0 saturated carbocycles. The van der Waals surface area contributed by atoms with E-state index in [1.165, 1.54) is 22.3 Å². The zero-order valence-corrected chi connectivity index (χ0v) is 18.5. The average Bonchev–Trinajstić information content (AvgIpc) is 3.23. The van der Waals surface area contributed by atoms with Crippen molar-refractivity contribution >= 4 is 23.3 Å². The lowest BCUT2D eigenvalue weighted by Gasteiger charge is -2.11. The van der Waals surface area contributed by atoms with Gasteiger partial charge in [-0.15, -0.1) is 6.42 Å². The number of rotatable bonds is 8. The minimum atomic E-state index is -4.44. The van der Waals surface area contributed by atoms with Gasteiger partial charge in [-0.05, 0) is 54.4 Å². The normalized spacial score (nSPS) is 12.5. The Kier molecular flexibility index (Phi) is 7.82. The summed E-state index contributed by atoms with van der Waals surface area (Å²) in [6.45, 7) is 5.93. The van der Waals surface area contributed by atoms with Crippen LogP contribution >= 0.6 is 11.5 Å². The van der Waals surface area contributed by atoms with Gasteiger partial charge in [-0.2, -0.15) is 22.6 Å². The van der Waals surface area contributed by atoms with E-state index in [1.54, 1.807) is 30.6 Å². The van der Waals surface area contributed by atoms with Crippen molar-refractivity contribution in [2.24, 2.45) is 10.1 Å². The Morgan fingerprint density at radius 2 is 2.12 bits per heavy atom. The molecule has 0 spiro atoms. The Morgan fingerprint density at radius 1 is 1.30 bits per heavy atom. The molecule has 0 bridgehead atoms. The number of terminal acetylenes is 1. The Labute approximate surface area is 193 Å². The lowest BCUT2D eigenvalue weighted by Crippen LogP contribution is -2.24. The first kappa shape index (κ1) is 24.0. The van der Waals surface area contributed by atoms with Crippen LogP contribution in [0.5, 0.6) is 0 Å². The lowest BCUT2D eigenvalue weighted by molar-refractivity contribution is -0.137. The Hall–Kier alpha value is -3.68. The fourth-order valence-corrected chi connectivity index (χ4v) is 3.53. The van der Waals surface area contributed by atoms with Gasteiger partial charge in [-0.25, -0.2) is 4.68 Å². The largest absolute Gasteiger partial charge is 0.416 e. The van der Waals surface area contributed by atoms with Crippen molar-refractivity contribution in [2.45, 2.75) is 13.1 Å². The quantitative estimate of drug-likeness (QED) is 0.290. The van der Waals surface area contributed by atoms with Crippen molar-refractivity contribution < 1.29 is 13.2 Å². The Balaban J connectivity index is 1.79. The maximum absolute atomic E-state index is 13.2. The number of halogens is 3. The predicted molar refractivity (Wildman–Crippen MR) is 126 cm³/mol. The molecule has 2 heterocycles. The molecule has 3 aromatic rings. The third kappa shape index (κ3) is 6.41. The van der Waals surface area contributed by atoms with Crippen LogP contribution in [0.15, 0.2) is 70.5 Å². The number of aromatic nitrogens is 2. The van der Waals surface area contributed by atoms with Gasteiger partial charge in [0, 0.05) is 36.8 Å². The third-order valence-electron chi connectivity index (χ3n) is 4.46. The molecule has 3 rings (SSSR count). The molecule has 0 fully saturated rings. The van der Waals surface area contributed by atoms with Crippen LogP contribution in [0.25, 0.3) is 11.1 Å². The van der Waals surface area contributed by atoms with Crippen LogP contribution < -0.4 is 16.1 Å². The van der Waals surface area contributed by atoms with Gasteiger partial charge in [-0.3, -0.25) is 10.3 Å². The molecule has 1 aromatic carbocycles. The molecular weight excluding hydrogens is 449 g/mol. The minimum absolute atomic E-state index is 0.157. The van der Waals surface area contributed by atoms with Gasteiger partial charge in [0.25, 0.3) is 0 Å². The molecule has 0 radical (unpaired) electrons. The second-order valence-electron chi connectivity index (χ2n) is 6.84. The molecule has 2 aromatic heterocycles. The number of anilines is 1. The fourth-order valence-electron chi connectivity index (χ4n) is 2.90. The number of pyridine rings is 1. The van der Waals surface area contributed by atoms with Crippen LogP contribution in [-0.4, -0.2) is 29.0 Å². The molecule has 0 amide bonds. The van der Waals surface area contributed by atoms with Crippen LogP contribution in [0.3, 0.4) is 0 Å². The molecule has 2 N–H and O–H groups in total. The Morgan fingerprint density at radius 3 is 2.79 bits per heavy atom. The molecule has 0 aliphatic rings. The highest BCUT2D eigenvalue weighted by atomic mass is 32.1. The summed E-state index contributed by atoms with van der Waals surface area (Å²) in [5.74, 6) is 2.60. The molecule has 0 unspecified atom stereocenters. The van der Waals surface area contributed by atoms with Gasteiger partial charge >= 0.3 is 6.18 Å². The minimum Gasteiger partial charge on any atom is -0.351 e.